The van der Waals surface area contributed by atoms with E-state index in [1.807, 2.05) is 49.4 Å². The van der Waals surface area contributed by atoms with Crippen LogP contribution in [0.25, 0.3) is 28.1 Å². The van der Waals surface area contributed by atoms with Crippen molar-refractivity contribution in [3.8, 4) is 22.8 Å². The number of anilines is 1. The first kappa shape index (κ1) is 21.3. The molecule has 1 amide bonds. The summed E-state index contributed by atoms with van der Waals surface area (Å²) in [6.07, 6.45) is 3.45. The molecule has 0 unspecified atom stereocenters. The molecule has 3 heterocycles. The first-order valence-corrected chi connectivity index (χ1v) is 10.8. The van der Waals surface area contributed by atoms with Crippen LogP contribution < -0.4 is 10.1 Å². The first-order valence-electron chi connectivity index (χ1n) is 10.8. The zero-order valence-corrected chi connectivity index (χ0v) is 18.8. The Morgan fingerprint density at radius 2 is 1.76 bits per heavy atom. The summed E-state index contributed by atoms with van der Waals surface area (Å²) < 4.78 is 6.93. The van der Waals surface area contributed by atoms with Crippen molar-refractivity contribution in [2.75, 3.05) is 12.4 Å². The molecular formula is C26H22N6O2. The largest absolute Gasteiger partial charge is 0.497 e. The maximum Gasteiger partial charge on any atom is 0.230 e. The highest BCUT2D eigenvalue weighted by Gasteiger charge is 2.16. The molecule has 0 saturated carbocycles. The number of carbonyl (C=O) groups is 1. The van der Waals surface area contributed by atoms with Crippen LogP contribution in [0.3, 0.4) is 0 Å². The number of ether oxygens (including phenoxy) is 1. The van der Waals surface area contributed by atoms with Crippen molar-refractivity contribution in [3.63, 3.8) is 0 Å². The zero-order chi connectivity index (χ0) is 23.5. The van der Waals surface area contributed by atoms with Crippen molar-refractivity contribution < 1.29 is 9.53 Å². The fraction of sp³-hybridized carbons (Fsp3) is 0.115. The van der Waals surface area contributed by atoms with Crippen LogP contribution in [0.4, 0.5) is 5.69 Å². The number of pyridine rings is 1. The van der Waals surface area contributed by atoms with E-state index in [4.69, 9.17) is 9.84 Å². The van der Waals surface area contributed by atoms with E-state index >= 15 is 0 Å². The zero-order valence-electron chi connectivity index (χ0n) is 18.8. The fourth-order valence-corrected chi connectivity index (χ4v) is 3.71. The number of hydrogen-bond acceptors (Lipinski definition) is 6. The maximum absolute atomic E-state index is 12.7. The molecule has 0 fully saturated rings. The van der Waals surface area contributed by atoms with E-state index in [-0.39, 0.29) is 12.3 Å². The number of fused-ring (bicyclic) bond motifs is 1. The lowest BCUT2D eigenvalue weighted by molar-refractivity contribution is -0.115. The lowest BCUT2D eigenvalue weighted by Crippen LogP contribution is -2.15. The van der Waals surface area contributed by atoms with Gasteiger partial charge >= 0.3 is 0 Å². The summed E-state index contributed by atoms with van der Waals surface area (Å²) >= 11 is 0. The van der Waals surface area contributed by atoms with Gasteiger partial charge in [-0.2, -0.15) is 5.10 Å². The molecule has 0 bridgehead atoms. The average molecular weight is 451 g/mol. The van der Waals surface area contributed by atoms with Crippen molar-refractivity contribution in [1.29, 1.82) is 0 Å². The third-order valence-electron chi connectivity index (χ3n) is 5.33. The molecule has 0 atom stereocenters. The summed E-state index contributed by atoms with van der Waals surface area (Å²) in [6.45, 7) is 1.93. The minimum Gasteiger partial charge on any atom is -0.497 e. The Kier molecular flexibility index (Phi) is 5.70. The Morgan fingerprint density at radius 3 is 2.53 bits per heavy atom. The molecule has 0 aliphatic carbocycles. The number of benzene rings is 2. The van der Waals surface area contributed by atoms with Crippen molar-refractivity contribution in [3.05, 3.63) is 90.5 Å². The molecule has 5 rings (SSSR count). The van der Waals surface area contributed by atoms with E-state index in [1.54, 1.807) is 48.5 Å². The Labute approximate surface area is 196 Å². The molecule has 168 valence electrons. The number of aromatic nitrogens is 5. The van der Waals surface area contributed by atoms with E-state index in [0.717, 1.165) is 33.7 Å². The third kappa shape index (κ3) is 4.47. The van der Waals surface area contributed by atoms with Crippen molar-refractivity contribution in [2.24, 2.45) is 0 Å². The van der Waals surface area contributed by atoms with Gasteiger partial charge in [0.15, 0.2) is 5.82 Å². The summed E-state index contributed by atoms with van der Waals surface area (Å²) in [6, 6.07) is 20.7. The normalized spacial score (nSPS) is 10.9. The van der Waals surface area contributed by atoms with Crippen molar-refractivity contribution in [1.82, 2.24) is 24.7 Å². The summed E-state index contributed by atoms with van der Waals surface area (Å²) in [5.74, 6) is 1.24. The topological polar surface area (TPSA) is 94.8 Å². The second-order valence-corrected chi connectivity index (χ2v) is 7.78. The molecule has 34 heavy (non-hydrogen) atoms. The molecule has 0 radical (unpaired) electrons. The van der Waals surface area contributed by atoms with E-state index in [0.29, 0.717) is 17.2 Å². The molecule has 8 nitrogen and oxygen atoms in total. The summed E-state index contributed by atoms with van der Waals surface area (Å²) in [4.78, 5) is 26.1. The van der Waals surface area contributed by atoms with Gasteiger partial charge in [-0.1, -0.05) is 12.1 Å². The Bertz CT molecular complexity index is 1480. The lowest BCUT2D eigenvalue weighted by atomic mass is 10.1. The predicted molar refractivity (Wildman–Crippen MR) is 130 cm³/mol. The summed E-state index contributed by atoms with van der Waals surface area (Å²) in [5, 5.41) is 7.63. The molecule has 3 aromatic heterocycles. The van der Waals surface area contributed by atoms with Crippen LogP contribution in [0, 0.1) is 6.92 Å². The number of carbonyl (C=O) groups excluding carboxylic acids is 1. The number of nitrogens with zero attached hydrogens (tertiary/aromatic N) is 5. The maximum atomic E-state index is 12.7. The number of amides is 1. The van der Waals surface area contributed by atoms with Crippen LogP contribution in [-0.2, 0) is 11.2 Å². The second-order valence-electron chi connectivity index (χ2n) is 7.78. The molecule has 0 spiro atoms. The minimum atomic E-state index is -0.164. The molecule has 1 N–H and O–H groups in total. The van der Waals surface area contributed by atoms with E-state index in [9.17, 15) is 4.79 Å². The lowest BCUT2D eigenvalue weighted by Gasteiger charge is -2.08. The summed E-state index contributed by atoms with van der Waals surface area (Å²) in [5.41, 5.74) is 5.52. The predicted octanol–water partition coefficient (Wildman–Crippen LogP) is 4.38. The molecule has 8 heteroatoms. The quantitative estimate of drug-likeness (QED) is 0.413. The number of rotatable bonds is 6. The highest BCUT2D eigenvalue weighted by molar-refractivity contribution is 5.92. The number of aryl methyl sites for hydroxylation is 1. The van der Waals surface area contributed by atoms with Crippen LogP contribution in [0.5, 0.6) is 5.75 Å². The molecule has 0 aliphatic heterocycles. The van der Waals surface area contributed by atoms with E-state index < -0.39 is 0 Å². The smallest absolute Gasteiger partial charge is 0.230 e. The van der Waals surface area contributed by atoms with E-state index in [2.05, 4.69) is 20.3 Å². The highest BCUT2D eigenvalue weighted by Crippen LogP contribution is 2.26. The van der Waals surface area contributed by atoms with Gasteiger partial charge in [0.1, 0.15) is 5.75 Å². The monoisotopic (exact) mass is 450 g/mol. The fourth-order valence-electron chi connectivity index (χ4n) is 3.71. The summed E-state index contributed by atoms with van der Waals surface area (Å²) in [7, 11) is 1.60. The third-order valence-corrected chi connectivity index (χ3v) is 5.33. The van der Waals surface area contributed by atoms with Gasteiger partial charge in [0, 0.05) is 29.3 Å². The van der Waals surface area contributed by atoms with Gasteiger partial charge in [0.2, 0.25) is 5.91 Å². The van der Waals surface area contributed by atoms with Crippen LogP contribution in [0.1, 0.15) is 11.4 Å². The van der Waals surface area contributed by atoms with Gasteiger partial charge in [-0.3, -0.25) is 14.8 Å². The van der Waals surface area contributed by atoms with Gasteiger partial charge in [-0.15, -0.1) is 0 Å². The van der Waals surface area contributed by atoms with Gasteiger partial charge in [-0.25, -0.2) is 9.67 Å². The second kappa shape index (κ2) is 9.11. The van der Waals surface area contributed by atoms with Gasteiger partial charge in [0.25, 0.3) is 0 Å². The number of hydrogen-bond donors (Lipinski definition) is 1. The van der Waals surface area contributed by atoms with Crippen LogP contribution in [-0.4, -0.2) is 37.7 Å². The molecular weight excluding hydrogens is 428 g/mol. The highest BCUT2D eigenvalue weighted by atomic mass is 16.5. The molecule has 0 saturated heterocycles. The van der Waals surface area contributed by atoms with Gasteiger partial charge < -0.3 is 10.1 Å². The molecule has 0 aliphatic rings. The Morgan fingerprint density at radius 1 is 0.971 bits per heavy atom. The van der Waals surface area contributed by atoms with Crippen LogP contribution in [0.2, 0.25) is 0 Å². The average Bonchev–Trinajstić information content (AvgIpc) is 3.28. The van der Waals surface area contributed by atoms with Crippen molar-refractivity contribution in [2.45, 2.75) is 13.3 Å². The Balaban J connectivity index is 1.48. The Hall–Kier alpha value is -4.59. The van der Waals surface area contributed by atoms with Gasteiger partial charge in [0.05, 0.1) is 36.0 Å². The standard InChI is InChI=1S/C26H22N6O2/c1-17-4-3-5-25(29-17)32-24(18-6-11-22-23(14-18)28-13-12-27-22)15-20(31-32)16-26(33)30-19-7-9-21(34-2)10-8-19/h3-15H,16H2,1-2H3,(H,30,33). The van der Waals surface area contributed by atoms with Gasteiger partial charge in [-0.05, 0) is 61.5 Å². The molecule has 5 aromatic rings. The number of methoxy groups -OCH3 is 1. The minimum absolute atomic E-state index is 0.116. The van der Waals surface area contributed by atoms with Crippen LogP contribution >= 0.6 is 0 Å². The van der Waals surface area contributed by atoms with E-state index in [1.165, 1.54) is 0 Å². The molecule has 2 aromatic carbocycles. The first-order chi connectivity index (χ1) is 16.6. The number of nitrogens with one attached hydrogen (secondary N) is 1. The van der Waals surface area contributed by atoms with Crippen molar-refractivity contribution >= 4 is 22.6 Å². The van der Waals surface area contributed by atoms with Crippen LogP contribution in [0.15, 0.2) is 79.1 Å². The SMILES string of the molecule is COc1ccc(NC(=O)Cc2cc(-c3ccc4nccnc4c3)n(-c3cccc(C)n3)n2)cc1.